The molecule has 1 heterocycles. The molecule has 0 saturated carbocycles. The Hall–Kier alpha value is -3.21. The first-order chi connectivity index (χ1) is 12.5. The minimum Gasteiger partial charge on any atom is -0.322 e. The number of nitriles is 1. The minimum absolute atomic E-state index is 0.0283. The molecule has 0 radical (unpaired) electrons. The molecule has 0 atom stereocenters. The van der Waals surface area contributed by atoms with Gasteiger partial charge in [0, 0.05) is 23.5 Å². The Morgan fingerprint density at radius 1 is 1.19 bits per heavy atom. The first-order valence-corrected chi connectivity index (χ1v) is 7.94. The molecule has 1 N–H and O–H groups in total. The van der Waals surface area contributed by atoms with Crippen molar-refractivity contribution in [2.45, 2.75) is 26.9 Å². The summed E-state index contributed by atoms with van der Waals surface area (Å²) in [6, 6.07) is 6.35. The van der Waals surface area contributed by atoms with E-state index in [1.165, 1.54) is 30.7 Å². The number of amides is 1. The smallest absolute Gasteiger partial charge is 0.322 e. The fraction of sp³-hybridized carbons (Fsp3) is 0.263. The summed E-state index contributed by atoms with van der Waals surface area (Å²) in [7, 11) is 0. The molecule has 0 fully saturated rings. The van der Waals surface area contributed by atoms with Gasteiger partial charge >= 0.3 is 6.18 Å². The van der Waals surface area contributed by atoms with Gasteiger partial charge in [0.25, 0.3) is 5.91 Å². The van der Waals surface area contributed by atoms with Crippen molar-refractivity contribution < 1.29 is 18.0 Å². The van der Waals surface area contributed by atoms with Crippen molar-refractivity contribution in [2.24, 2.45) is 5.41 Å². The number of rotatable bonds is 3. The molecule has 0 aliphatic rings. The minimum atomic E-state index is -4.54. The number of aromatic nitrogens is 2. The van der Waals surface area contributed by atoms with Crippen LogP contribution < -0.4 is 5.32 Å². The summed E-state index contributed by atoms with van der Waals surface area (Å²) in [4.78, 5) is 20.1. The zero-order chi connectivity index (χ0) is 20.2. The molecule has 0 saturated heterocycles. The van der Waals surface area contributed by atoms with Gasteiger partial charge in [-0.15, -0.1) is 0 Å². The lowest BCUT2D eigenvalue weighted by atomic mass is 9.86. The second-order valence-electron chi connectivity index (χ2n) is 6.74. The third-order valence-electron chi connectivity index (χ3n) is 3.62. The molecule has 1 amide bonds. The van der Waals surface area contributed by atoms with Crippen LogP contribution >= 0.6 is 0 Å². The van der Waals surface area contributed by atoms with Gasteiger partial charge in [-0.05, 0) is 17.7 Å². The Bertz CT molecular complexity index is 907. The van der Waals surface area contributed by atoms with Crippen molar-refractivity contribution in [1.82, 2.24) is 15.3 Å². The molecule has 1 aromatic carbocycles. The Kier molecular flexibility index (Phi) is 5.64. The largest absolute Gasteiger partial charge is 0.416 e. The lowest BCUT2D eigenvalue weighted by molar-refractivity contribution is -0.137. The van der Waals surface area contributed by atoms with Crippen LogP contribution in [0.3, 0.4) is 0 Å². The van der Waals surface area contributed by atoms with Crippen LogP contribution in [0, 0.1) is 16.7 Å². The normalized spacial score (nSPS) is 12.8. The van der Waals surface area contributed by atoms with Crippen LogP contribution in [-0.2, 0) is 6.18 Å². The van der Waals surface area contributed by atoms with Gasteiger partial charge in [0.05, 0.1) is 17.3 Å². The van der Waals surface area contributed by atoms with E-state index < -0.39 is 23.1 Å². The summed E-state index contributed by atoms with van der Waals surface area (Å²) in [5.74, 6) is -0.604. The number of carbonyl (C=O) groups is 1. The van der Waals surface area contributed by atoms with E-state index >= 15 is 0 Å². The highest BCUT2D eigenvalue weighted by Crippen LogP contribution is 2.34. The van der Waals surface area contributed by atoms with Crippen molar-refractivity contribution in [3.05, 3.63) is 65.4 Å². The number of hydrogen-bond acceptors (Lipinski definition) is 4. The highest BCUT2D eigenvalue weighted by molar-refractivity contribution is 5.95. The van der Waals surface area contributed by atoms with Crippen molar-refractivity contribution in [2.75, 3.05) is 0 Å². The lowest BCUT2D eigenvalue weighted by Gasteiger charge is -2.25. The molecular formula is C19H17F3N4O. The Morgan fingerprint density at radius 3 is 2.41 bits per heavy atom. The van der Waals surface area contributed by atoms with Crippen molar-refractivity contribution >= 4 is 11.5 Å². The van der Waals surface area contributed by atoms with E-state index in [1.807, 2.05) is 6.07 Å². The maximum absolute atomic E-state index is 13.0. The number of hydrogen-bond donors (Lipinski definition) is 1. The van der Waals surface area contributed by atoms with Gasteiger partial charge in [0.15, 0.2) is 0 Å². The third-order valence-corrected chi connectivity index (χ3v) is 3.62. The van der Waals surface area contributed by atoms with Gasteiger partial charge in [0.1, 0.15) is 11.8 Å². The quantitative estimate of drug-likeness (QED) is 0.817. The van der Waals surface area contributed by atoms with Gasteiger partial charge < -0.3 is 5.32 Å². The fourth-order valence-corrected chi connectivity index (χ4v) is 2.33. The first kappa shape index (κ1) is 20.1. The van der Waals surface area contributed by atoms with Gasteiger partial charge in [-0.25, -0.2) is 4.98 Å². The van der Waals surface area contributed by atoms with E-state index in [1.54, 1.807) is 20.8 Å². The monoisotopic (exact) mass is 374 g/mol. The number of alkyl halides is 3. The molecular weight excluding hydrogens is 357 g/mol. The highest BCUT2D eigenvalue weighted by atomic mass is 19.4. The molecule has 5 nitrogen and oxygen atoms in total. The van der Waals surface area contributed by atoms with Crippen LogP contribution in [0.4, 0.5) is 13.2 Å². The molecule has 2 rings (SSSR count). The first-order valence-electron chi connectivity index (χ1n) is 7.94. The van der Waals surface area contributed by atoms with E-state index in [-0.39, 0.29) is 22.5 Å². The maximum Gasteiger partial charge on any atom is 0.416 e. The van der Waals surface area contributed by atoms with Crippen molar-refractivity contribution in [3.63, 3.8) is 0 Å². The third kappa shape index (κ3) is 4.91. The number of nitrogens with zero attached hydrogens (tertiary/aromatic N) is 3. The van der Waals surface area contributed by atoms with Crippen LogP contribution in [-0.4, -0.2) is 15.9 Å². The number of nitrogens with one attached hydrogen (secondary N) is 1. The van der Waals surface area contributed by atoms with Gasteiger partial charge in [-0.3, -0.25) is 9.78 Å². The summed E-state index contributed by atoms with van der Waals surface area (Å²) >= 11 is 0. The average Bonchev–Trinajstić information content (AvgIpc) is 2.61. The number of allylic oxidation sites excluding steroid dienone is 2. The Balaban J connectivity index is 2.56. The molecule has 0 unspecified atom stereocenters. The summed E-state index contributed by atoms with van der Waals surface area (Å²) in [6.45, 7) is 5.22. The average molecular weight is 374 g/mol. The zero-order valence-electron chi connectivity index (χ0n) is 14.9. The van der Waals surface area contributed by atoms with E-state index in [4.69, 9.17) is 0 Å². The van der Waals surface area contributed by atoms with Crippen LogP contribution in [0.25, 0.3) is 5.57 Å². The fourth-order valence-electron chi connectivity index (χ4n) is 2.33. The number of carbonyl (C=O) groups excluding carboxylic acids is 1. The molecule has 8 heteroatoms. The van der Waals surface area contributed by atoms with Crippen molar-refractivity contribution in [1.29, 1.82) is 5.26 Å². The molecule has 27 heavy (non-hydrogen) atoms. The van der Waals surface area contributed by atoms with E-state index in [2.05, 4.69) is 15.3 Å². The van der Waals surface area contributed by atoms with E-state index in [0.29, 0.717) is 0 Å². The summed E-state index contributed by atoms with van der Waals surface area (Å²) in [5.41, 5.74) is -1.36. The summed E-state index contributed by atoms with van der Waals surface area (Å²) in [5, 5.41) is 12.2. The van der Waals surface area contributed by atoms with E-state index in [9.17, 15) is 23.2 Å². The predicted molar refractivity (Wildman–Crippen MR) is 92.9 cm³/mol. The van der Waals surface area contributed by atoms with Crippen LogP contribution in [0.5, 0.6) is 0 Å². The molecule has 2 aromatic rings. The number of benzene rings is 1. The molecule has 0 spiro atoms. The predicted octanol–water partition coefficient (Wildman–Crippen LogP) is 4.21. The molecule has 0 bridgehead atoms. The molecule has 0 aliphatic carbocycles. The van der Waals surface area contributed by atoms with Crippen LogP contribution in [0.15, 0.2) is 48.6 Å². The van der Waals surface area contributed by atoms with Gasteiger partial charge in [0.2, 0.25) is 0 Å². The SMILES string of the molecule is CC(C)(C)/C(NC(=O)c1cnccn1)=C(\C#N)c1cccc(C(F)(F)F)c1. The topological polar surface area (TPSA) is 78.7 Å². The highest BCUT2D eigenvalue weighted by Gasteiger charge is 2.31. The molecule has 0 aliphatic heterocycles. The second kappa shape index (κ2) is 7.58. The van der Waals surface area contributed by atoms with Crippen LogP contribution in [0.2, 0.25) is 0 Å². The number of halogens is 3. The summed E-state index contributed by atoms with van der Waals surface area (Å²) < 4.78 is 39.1. The van der Waals surface area contributed by atoms with Crippen LogP contribution in [0.1, 0.15) is 42.4 Å². The molecule has 1 aromatic heterocycles. The van der Waals surface area contributed by atoms with E-state index in [0.717, 1.165) is 12.1 Å². The second-order valence-corrected chi connectivity index (χ2v) is 6.74. The molecule has 140 valence electrons. The Labute approximate surface area is 154 Å². The maximum atomic E-state index is 13.0. The Morgan fingerprint density at radius 2 is 1.89 bits per heavy atom. The van der Waals surface area contributed by atoms with Crippen molar-refractivity contribution in [3.8, 4) is 6.07 Å². The lowest BCUT2D eigenvalue weighted by Crippen LogP contribution is -2.32. The zero-order valence-corrected chi connectivity index (χ0v) is 14.9. The van der Waals surface area contributed by atoms with Gasteiger partial charge in [-0.2, -0.15) is 18.4 Å². The summed E-state index contributed by atoms with van der Waals surface area (Å²) in [6.07, 6.45) is -0.540. The van der Waals surface area contributed by atoms with Gasteiger partial charge in [-0.1, -0.05) is 32.9 Å². The standard InChI is InChI=1S/C19H17F3N4O/c1-18(2,3)16(26-17(27)15-11-24-7-8-25-15)14(10-23)12-5-4-6-13(9-12)19(20,21)22/h4-9,11H,1-3H3,(H,26,27)/b16-14-.